The molecule has 4 heteroatoms. The number of hydrogen-bond donors (Lipinski definition) is 1. The van der Waals surface area contributed by atoms with E-state index in [4.69, 9.17) is 17.3 Å². The van der Waals surface area contributed by atoms with Gasteiger partial charge in [-0.15, -0.1) is 0 Å². The molecule has 1 aliphatic carbocycles. The summed E-state index contributed by atoms with van der Waals surface area (Å²) in [6.45, 7) is 1.49. The van der Waals surface area contributed by atoms with Crippen molar-refractivity contribution in [1.29, 1.82) is 0 Å². The Hall–Kier alpha value is -1.03. The molecule has 100 valence electrons. The van der Waals surface area contributed by atoms with Crippen LogP contribution >= 0.6 is 22.9 Å². The maximum atomic E-state index is 6.07. The first-order valence-corrected chi connectivity index (χ1v) is 7.86. The summed E-state index contributed by atoms with van der Waals surface area (Å²) in [4.78, 5) is 2.47. The zero-order chi connectivity index (χ0) is 13.2. The lowest BCUT2D eigenvalue weighted by molar-refractivity contribution is 0.788. The van der Waals surface area contributed by atoms with Gasteiger partial charge in [-0.3, -0.25) is 0 Å². The third-order valence-corrected chi connectivity index (χ3v) is 4.46. The van der Waals surface area contributed by atoms with Crippen molar-refractivity contribution < 1.29 is 0 Å². The van der Waals surface area contributed by atoms with Gasteiger partial charge in [0.2, 0.25) is 0 Å². The second kappa shape index (κ2) is 5.53. The van der Waals surface area contributed by atoms with Crippen molar-refractivity contribution in [3.05, 3.63) is 51.2 Å². The smallest absolute Gasteiger partial charge is 0.0440 e. The van der Waals surface area contributed by atoms with Gasteiger partial charge in [0.15, 0.2) is 0 Å². The Morgan fingerprint density at radius 2 is 2.16 bits per heavy atom. The average molecular weight is 293 g/mol. The molecule has 0 radical (unpaired) electrons. The van der Waals surface area contributed by atoms with E-state index in [0.29, 0.717) is 12.6 Å². The van der Waals surface area contributed by atoms with Crippen LogP contribution in [0.3, 0.4) is 0 Å². The number of rotatable bonds is 5. The molecule has 3 rings (SSSR count). The van der Waals surface area contributed by atoms with Crippen molar-refractivity contribution in [2.24, 2.45) is 5.73 Å². The number of hydrogen-bond acceptors (Lipinski definition) is 3. The van der Waals surface area contributed by atoms with Gasteiger partial charge in [0.1, 0.15) is 0 Å². The third kappa shape index (κ3) is 2.94. The monoisotopic (exact) mass is 292 g/mol. The highest BCUT2D eigenvalue weighted by Crippen LogP contribution is 2.36. The minimum absolute atomic E-state index is 0.531. The van der Waals surface area contributed by atoms with E-state index in [1.807, 2.05) is 12.1 Å². The SMILES string of the molecule is NCc1cc(Cl)ccc1N(Cc1ccsc1)C1CC1. The number of anilines is 1. The molecule has 0 unspecified atom stereocenters. The summed E-state index contributed by atoms with van der Waals surface area (Å²) in [7, 11) is 0. The van der Waals surface area contributed by atoms with E-state index in [0.717, 1.165) is 17.1 Å². The predicted octanol–water partition coefficient (Wildman–Crippen LogP) is 4.03. The molecule has 1 aliphatic rings. The second-order valence-corrected chi connectivity index (χ2v) is 6.18. The fraction of sp³-hybridized carbons (Fsp3) is 0.333. The van der Waals surface area contributed by atoms with Gasteiger partial charge in [0, 0.05) is 29.8 Å². The Bertz CT molecular complexity index is 549. The molecular formula is C15H17ClN2S. The van der Waals surface area contributed by atoms with E-state index in [2.05, 4.69) is 27.8 Å². The lowest BCUT2D eigenvalue weighted by Gasteiger charge is -2.27. The fourth-order valence-corrected chi connectivity index (χ4v) is 3.23. The number of halogens is 1. The normalized spacial score (nSPS) is 14.6. The zero-order valence-corrected chi connectivity index (χ0v) is 12.3. The van der Waals surface area contributed by atoms with E-state index in [1.165, 1.54) is 24.1 Å². The van der Waals surface area contributed by atoms with Crippen LogP contribution in [0, 0.1) is 0 Å². The van der Waals surface area contributed by atoms with Crippen molar-refractivity contribution >= 4 is 28.6 Å². The summed E-state index contributed by atoms with van der Waals surface area (Å²) in [5.74, 6) is 0. The molecule has 0 atom stereocenters. The first-order chi connectivity index (χ1) is 9.28. The van der Waals surface area contributed by atoms with Crippen molar-refractivity contribution in [2.45, 2.75) is 32.0 Å². The second-order valence-electron chi connectivity index (χ2n) is 4.97. The average Bonchev–Trinajstić information content (AvgIpc) is 3.13. The molecule has 1 aromatic carbocycles. The van der Waals surface area contributed by atoms with Crippen molar-refractivity contribution in [2.75, 3.05) is 4.90 Å². The highest BCUT2D eigenvalue weighted by Gasteiger charge is 2.30. The quantitative estimate of drug-likeness (QED) is 0.901. The van der Waals surface area contributed by atoms with Gasteiger partial charge in [-0.2, -0.15) is 11.3 Å². The first kappa shape index (κ1) is 13.0. The van der Waals surface area contributed by atoms with Gasteiger partial charge in [0.05, 0.1) is 0 Å². The van der Waals surface area contributed by atoms with Gasteiger partial charge < -0.3 is 10.6 Å². The summed E-state index contributed by atoms with van der Waals surface area (Å²) in [6, 6.07) is 8.90. The minimum Gasteiger partial charge on any atom is -0.364 e. The molecule has 2 nitrogen and oxygen atoms in total. The topological polar surface area (TPSA) is 29.3 Å². The predicted molar refractivity (Wildman–Crippen MR) is 82.9 cm³/mol. The zero-order valence-electron chi connectivity index (χ0n) is 10.7. The van der Waals surface area contributed by atoms with Crippen LogP contribution in [0.25, 0.3) is 0 Å². The molecule has 1 fully saturated rings. The van der Waals surface area contributed by atoms with Crippen molar-refractivity contribution in [3.63, 3.8) is 0 Å². The maximum Gasteiger partial charge on any atom is 0.0440 e. The van der Waals surface area contributed by atoms with E-state index < -0.39 is 0 Å². The van der Waals surface area contributed by atoms with Crippen LogP contribution in [0.1, 0.15) is 24.0 Å². The Morgan fingerprint density at radius 3 is 2.79 bits per heavy atom. The lowest BCUT2D eigenvalue weighted by atomic mass is 10.1. The molecule has 0 amide bonds. The Balaban J connectivity index is 1.91. The number of benzene rings is 1. The highest BCUT2D eigenvalue weighted by molar-refractivity contribution is 7.07. The van der Waals surface area contributed by atoms with E-state index in [-0.39, 0.29) is 0 Å². The van der Waals surface area contributed by atoms with Crippen LogP contribution in [0.15, 0.2) is 35.0 Å². The van der Waals surface area contributed by atoms with Crippen molar-refractivity contribution in [1.82, 2.24) is 0 Å². The Labute approximate surface area is 122 Å². The van der Waals surface area contributed by atoms with Gasteiger partial charge in [0.25, 0.3) is 0 Å². The number of nitrogens with two attached hydrogens (primary N) is 1. The standard InChI is InChI=1S/C15H17ClN2S/c16-13-1-4-15(12(7-13)8-17)18(14-2-3-14)9-11-5-6-19-10-11/h1,4-7,10,14H,2-3,8-9,17H2. The minimum atomic E-state index is 0.531. The molecule has 1 aromatic heterocycles. The molecule has 19 heavy (non-hydrogen) atoms. The number of thiophene rings is 1. The van der Waals surface area contributed by atoms with Gasteiger partial charge in [-0.1, -0.05) is 11.6 Å². The molecule has 0 spiro atoms. The summed E-state index contributed by atoms with van der Waals surface area (Å²) in [6.07, 6.45) is 2.55. The van der Waals surface area contributed by atoms with Crippen LogP contribution in [0.4, 0.5) is 5.69 Å². The number of nitrogens with zero attached hydrogens (tertiary/aromatic N) is 1. The van der Waals surface area contributed by atoms with Crippen LogP contribution in [0.2, 0.25) is 5.02 Å². The van der Waals surface area contributed by atoms with Crippen LogP contribution in [0.5, 0.6) is 0 Å². The molecule has 0 aliphatic heterocycles. The Morgan fingerprint density at radius 1 is 1.32 bits per heavy atom. The van der Waals surface area contributed by atoms with E-state index >= 15 is 0 Å². The van der Waals surface area contributed by atoms with E-state index in [1.54, 1.807) is 11.3 Å². The largest absolute Gasteiger partial charge is 0.364 e. The summed E-state index contributed by atoms with van der Waals surface area (Å²) in [5.41, 5.74) is 9.61. The maximum absolute atomic E-state index is 6.07. The fourth-order valence-electron chi connectivity index (χ4n) is 2.37. The molecule has 2 aromatic rings. The van der Waals surface area contributed by atoms with Crippen LogP contribution in [-0.2, 0) is 13.1 Å². The molecule has 0 bridgehead atoms. The lowest BCUT2D eigenvalue weighted by Crippen LogP contribution is -2.26. The third-order valence-electron chi connectivity index (χ3n) is 3.49. The van der Waals surface area contributed by atoms with Crippen LogP contribution < -0.4 is 10.6 Å². The molecular weight excluding hydrogens is 276 g/mol. The van der Waals surface area contributed by atoms with Gasteiger partial charge in [-0.25, -0.2) is 0 Å². The highest BCUT2D eigenvalue weighted by atomic mass is 35.5. The van der Waals surface area contributed by atoms with Gasteiger partial charge in [-0.05, 0) is 59.0 Å². The van der Waals surface area contributed by atoms with Crippen molar-refractivity contribution in [3.8, 4) is 0 Å². The molecule has 1 saturated carbocycles. The Kier molecular flexibility index (Phi) is 3.78. The molecule has 0 saturated heterocycles. The van der Waals surface area contributed by atoms with Gasteiger partial charge >= 0.3 is 0 Å². The summed E-state index contributed by atoms with van der Waals surface area (Å²) >= 11 is 7.81. The van der Waals surface area contributed by atoms with Crippen LogP contribution in [-0.4, -0.2) is 6.04 Å². The summed E-state index contributed by atoms with van der Waals surface area (Å²) in [5, 5.41) is 5.11. The first-order valence-electron chi connectivity index (χ1n) is 6.54. The molecule has 2 N–H and O–H groups in total. The van der Waals surface area contributed by atoms with E-state index in [9.17, 15) is 0 Å². The molecule has 1 heterocycles. The summed E-state index contributed by atoms with van der Waals surface area (Å²) < 4.78 is 0.